The summed E-state index contributed by atoms with van der Waals surface area (Å²) in [5, 5.41) is 3.31. The van der Waals surface area contributed by atoms with Crippen molar-refractivity contribution in [2.24, 2.45) is 0 Å². The number of ketones is 1. The number of alkyl halides is 3. The molecule has 28 heavy (non-hydrogen) atoms. The van der Waals surface area contributed by atoms with E-state index < -0.39 is 12.6 Å². The number of halogens is 4. The number of para-hydroxylation sites is 1. The van der Waals surface area contributed by atoms with Crippen LogP contribution in [0.1, 0.15) is 31.2 Å². The molecule has 0 aliphatic carbocycles. The number of nitrogens with zero attached hydrogens (tertiary/aromatic N) is 1. The Morgan fingerprint density at radius 3 is 2.79 bits per heavy atom. The van der Waals surface area contributed by atoms with Gasteiger partial charge in [-0.25, -0.2) is 0 Å². The Hall–Kier alpha value is -1.51. The van der Waals surface area contributed by atoms with Gasteiger partial charge in [0.2, 0.25) is 5.12 Å². The van der Waals surface area contributed by atoms with E-state index in [0.29, 0.717) is 16.5 Å². The largest absolute Gasteiger partial charge is 0.390 e. The van der Waals surface area contributed by atoms with Crippen molar-refractivity contribution in [3.63, 3.8) is 0 Å². The molecule has 152 valence electrons. The first-order chi connectivity index (χ1) is 13.2. The monoisotopic (exact) mass is 432 g/mol. The van der Waals surface area contributed by atoms with Crippen molar-refractivity contribution in [1.82, 2.24) is 5.32 Å². The summed E-state index contributed by atoms with van der Waals surface area (Å²) in [6.07, 6.45) is -1.84. The maximum atomic E-state index is 12.4. The average molecular weight is 433 g/mol. The molecule has 2 fully saturated rings. The highest BCUT2D eigenvalue weighted by atomic mass is 35.5. The number of benzene rings is 1. The first-order valence-corrected chi connectivity index (χ1v) is 10.2. The maximum Gasteiger partial charge on any atom is 0.390 e. The van der Waals surface area contributed by atoms with Crippen molar-refractivity contribution in [3.05, 3.63) is 33.7 Å². The topological polar surface area (TPSA) is 49.4 Å². The van der Waals surface area contributed by atoms with Gasteiger partial charge in [0.25, 0.3) is 0 Å². The van der Waals surface area contributed by atoms with Crippen molar-refractivity contribution in [3.8, 4) is 0 Å². The molecular formula is C19H20ClF3N2O2S. The van der Waals surface area contributed by atoms with E-state index in [1.807, 2.05) is 11.0 Å². The minimum Gasteiger partial charge on any atom is -0.368 e. The smallest absolute Gasteiger partial charge is 0.368 e. The van der Waals surface area contributed by atoms with E-state index in [2.05, 4.69) is 5.32 Å². The van der Waals surface area contributed by atoms with Crippen molar-refractivity contribution >= 4 is 46.0 Å². The number of nitrogens with one attached hydrogen (secondary N) is 1. The minimum atomic E-state index is -4.17. The number of rotatable bonds is 5. The normalized spacial score (nSPS) is 22.4. The molecule has 9 heteroatoms. The highest BCUT2D eigenvalue weighted by Gasteiger charge is 2.29. The van der Waals surface area contributed by atoms with Crippen molar-refractivity contribution < 1.29 is 22.8 Å². The van der Waals surface area contributed by atoms with E-state index in [4.69, 9.17) is 11.6 Å². The lowest BCUT2D eigenvalue weighted by atomic mass is 10.0. The Bertz CT molecular complexity index is 798. The van der Waals surface area contributed by atoms with E-state index in [9.17, 15) is 22.8 Å². The molecule has 0 unspecified atom stereocenters. The van der Waals surface area contributed by atoms with Gasteiger partial charge in [0, 0.05) is 31.2 Å². The number of carbonyl (C=O) groups is 2. The number of Topliss-reactive ketones (excluding diaryl/α,β-unsaturated/α-hetero) is 1. The van der Waals surface area contributed by atoms with Gasteiger partial charge in [0.1, 0.15) is 0 Å². The number of allylic oxidation sites excluding steroid dienone is 1. The van der Waals surface area contributed by atoms with Gasteiger partial charge < -0.3 is 10.2 Å². The Kier molecular flexibility index (Phi) is 6.73. The highest BCUT2D eigenvalue weighted by Crippen LogP contribution is 2.37. The van der Waals surface area contributed by atoms with Crippen LogP contribution in [0.4, 0.5) is 18.9 Å². The third kappa shape index (κ3) is 5.52. The van der Waals surface area contributed by atoms with Crippen LogP contribution < -0.4 is 10.2 Å². The summed E-state index contributed by atoms with van der Waals surface area (Å²) in [6, 6.07) is 5.27. The Balaban J connectivity index is 1.76. The Labute approximate surface area is 170 Å². The molecular weight excluding hydrogens is 413 g/mol. The van der Waals surface area contributed by atoms with Gasteiger partial charge in [-0.1, -0.05) is 23.7 Å². The molecule has 0 bridgehead atoms. The van der Waals surface area contributed by atoms with Crippen LogP contribution in [0.2, 0.25) is 5.02 Å². The predicted octanol–water partition coefficient (Wildman–Crippen LogP) is 4.42. The standard InChI is InChI=1S/C19H20ClF3N2O2S/c20-14-5-1-3-12(9-16-15(26)10-17(27)28-16)18(14)25-8-2-4-13(11-25)24-7-6-19(21,22)23/h1,3,5,9,13,24H,2,4,6-8,10-11H2/b16-9-/t13-/m1/s1. The van der Waals surface area contributed by atoms with Gasteiger partial charge in [-0.15, -0.1) is 0 Å². The summed E-state index contributed by atoms with van der Waals surface area (Å²) in [7, 11) is 0. The fraction of sp³-hybridized carbons (Fsp3) is 0.474. The second kappa shape index (κ2) is 8.88. The van der Waals surface area contributed by atoms with Crippen LogP contribution in [0, 0.1) is 0 Å². The van der Waals surface area contributed by atoms with Crippen LogP contribution in [-0.4, -0.2) is 42.8 Å². The van der Waals surface area contributed by atoms with Crippen molar-refractivity contribution in [1.29, 1.82) is 0 Å². The fourth-order valence-corrected chi connectivity index (χ4v) is 4.55. The van der Waals surface area contributed by atoms with E-state index >= 15 is 0 Å². The van der Waals surface area contributed by atoms with Crippen LogP contribution >= 0.6 is 23.4 Å². The van der Waals surface area contributed by atoms with E-state index in [1.54, 1.807) is 18.2 Å². The molecule has 0 spiro atoms. The first kappa shape index (κ1) is 21.2. The highest BCUT2D eigenvalue weighted by molar-refractivity contribution is 8.18. The molecule has 1 aromatic carbocycles. The lowest BCUT2D eigenvalue weighted by Crippen LogP contribution is -2.46. The Morgan fingerprint density at radius 2 is 2.11 bits per heavy atom. The number of thioether (sulfide) groups is 1. The lowest BCUT2D eigenvalue weighted by Gasteiger charge is -2.36. The number of carbonyl (C=O) groups excluding carboxylic acids is 2. The molecule has 4 nitrogen and oxygen atoms in total. The van der Waals surface area contributed by atoms with Crippen LogP contribution in [-0.2, 0) is 9.59 Å². The van der Waals surface area contributed by atoms with Gasteiger partial charge in [0.05, 0.1) is 28.5 Å². The SMILES string of the molecule is O=C1CC(=O)/C(=C/c2cccc(Cl)c2N2CCC[C@@H](NCCC(F)(F)F)C2)S1. The molecule has 1 atom stereocenters. The molecule has 3 rings (SSSR count). The average Bonchev–Trinajstić information content (AvgIpc) is 2.91. The molecule has 1 N–H and O–H groups in total. The zero-order valence-corrected chi connectivity index (χ0v) is 16.6. The molecule has 2 aliphatic rings. The van der Waals surface area contributed by atoms with Gasteiger partial charge in [-0.05, 0) is 36.7 Å². The zero-order chi connectivity index (χ0) is 20.3. The summed E-state index contributed by atoms with van der Waals surface area (Å²) in [6.45, 7) is 1.13. The van der Waals surface area contributed by atoms with Crippen LogP contribution in [0.5, 0.6) is 0 Å². The number of hydrogen-bond acceptors (Lipinski definition) is 5. The second-order valence-electron chi connectivity index (χ2n) is 6.86. The molecule has 0 saturated carbocycles. The second-order valence-corrected chi connectivity index (χ2v) is 8.37. The molecule has 0 radical (unpaired) electrons. The number of hydrogen-bond donors (Lipinski definition) is 1. The molecule has 0 aromatic heterocycles. The van der Waals surface area contributed by atoms with E-state index in [-0.39, 0.29) is 29.9 Å². The molecule has 2 aliphatic heterocycles. The van der Waals surface area contributed by atoms with Gasteiger partial charge in [0.15, 0.2) is 5.78 Å². The molecule has 0 amide bonds. The van der Waals surface area contributed by atoms with Crippen LogP contribution in [0.25, 0.3) is 6.08 Å². The van der Waals surface area contributed by atoms with Crippen molar-refractivity contribution in [2.45, 2.75) is 37.9 Å². The first-order valence-electron chi connectivity index (χ1n) is 9.02. The summed E-state index contributed by atoms with van der Waals surface area (Å²) in [4.78, 5) is 25.9. The van der Waals surface area contributed by atoms with E-state index in [1.165, 1.54) is 0 Å². The fourth-order valence-electron chi connectivity index (χ4n) is 3.43. The predicted molar refractivity (Wildman–Crippen MR) is 106 cm³/mol. The third-order valence-electron chi connectivity index (χ3n) is 4.69. The molecule has 2 saturated heterocycles. The van der Waals surface area contributed by atoms with E-state index in [0.717, 1.165) is 42.4 Å². The quantitative estimate of drug-likeness (QED) is 0.551. The third-order valence-corrected chi connectivity index (χ3v) is 5.93. The van der Waals surface area contributed by atoms with Gasteiger partial charge in [-0.2, -0.15) is 13.2 Å². The molecule has 1 aromatic rings. The van der Waals surface area contributed by atoms with Crippen molar-refractivity contribution in [2.75, 3.05) is 24.5 Å². The van der Waals surface area contributed by atoms with Gasteiger partial charge >= 0.3 is 6.18 Å². The minimum absolute atomic E-state index is 0.0723. The zero-order valence-electron chi connectivity index (χ0n) is 15.0. The summed E-state index contributed by atoms with van der Waals surface area (Å²) in [5.41, 5.74) is 1.47. The maximum absolute atomic E-state index is 12.4. The number of anilines is 1. The summed E-state index contributed by atoms with van der Waals surface area (Å²) >= 11 is 7.36. The number of piperidine rings is 1. The van der Waals surface area contributed by atoms with Crippen LogP contribution in [0.15, 0.2) is 23.1 Å². The van der Waals surface area contributed by atoms with Gasteiger partial charge in [-0.3, -0.25) is 9.59 Å². The summed E-state index contributed by atoms with van der Waals surface area (Å²) < 4.78 is 37.1. The lowest BCUT2D eigenvalue weighted by molar-refractivity contribution is -0.133. The van der Waals surface area contributed by atoms with Crippen LogP contribution in [0.3, 0.4) is 0 Å². The molecule has 2 heterocycles. The Morgan fingerprint density at radius 1 is 1.32 bits per heavy atom. The summed E-state index contributed by atoms with van der Waals surface area (Å²) in [5.74, 6) is -0.203.